The number of carbonyl (C=O) groups excluding carboxylic acids is 1. The van der Waals surface area contributed by atoms with Gasteiger partial charge in [-0.2, -0.15) is 4.99 Å². The minimum atomic E-state index is 0.728. The smallest absolute Gasteiger partial charge is 0.240 e. The zero-order valence-corrected chi connectivity index (χ0v) is 9.03. The van der Waals surface area contributed by atoms with Crippen molar-refractivity contribution in [3.63, 3.8) is 0 Å². The first kappa shape index (κ1) is 9.69. The molecule has 0 amide bonds. The highest BCUT2D eigenvalue weighted by molar-refractivity contribution is 5.96. The molecule has 0 aliphatic rings. The Bertz CT molecular complexity index is 575. The Hall–Kier alpha value is -1.86. The van der Waals surface area contributed by atoms with Crippen molar-refractivity contribution in [2.75, 3.05) is 0 Å². The Kier molecular flexibility index (Phi) is 2.18. The molecule has 0 atom stereocenters. The lowest BCUT2D eigenvalue weighted by Crippen LogP contribution is -1.91. The van der Waals surface area contributed by atoms with Gasteiger partial charge in [-0.05, 0) is 19.4 Å². The summed E-state index contributed by atoms with van der Waals surface area (Å²) in [5, 5.41) is 1.01. The van der Waals surface area contributed by atoms with Crippen LogP contribution in [0.2, 0.25) is 0 Å². The van der Waals surface area contributed by atoms with E-state index < -0.39 is 0 Å². The van der Waals surface area contributed by atoms with Gasteiger partial charge in [-0.25, -0.2) is 4.79 Å². The lowest BCUT2D eigenvalue weighted by atomic mass is 10.1. The number of aliphatic imine (C=N–C) groups is 1. The summed E-state index contributed by atoms with van der Waals surface area (Å²) in [6, 6.07) is 6.00. The third-order valence-corrected chi connectivity index (χ3v) is 2.83. The third kappa shape index (κ3) is 1.29. The van der Waals surface area contributed by atoms with Crippen molar-refractivity contribution < 1.29 is 4.79 Å². The minimum absolute atomic E-state index is 0.728. The van der Waals surface area contributed by atoms with Gasteiger partial charge in [0.05, 0.1) is 5.52 Å². The molecule has 0 unspecified atom stereocenters. The van der Waals surface area contributed by atoms with E-state index in [1.54, 1.807) is 6.08 Å². The van der Waals surface area contributed by atoms with Gasteiger partial charge in [-0.15, -0.1) is 0 Å². The van der Waals surface area contributed by atoms with E-state index >= 15 is 0 Å². The Morgan fingerprint density at radius 1 is 1.33 bits per heavy atom. The van der Waals surface area contributed by atoms with Gasteiger partial charge < -0.3 is 4.57 Å². The second-order valence-corrected chi connectivity index (χ2v) is 3.67. The van der Waals surface area contributed by atoms with E-state index in [-0.39, 0.29) is 0 Å². The molecule has 3 nitrogen and oxygen atoms in total. The molecule has 0 N–H and O–H groups in total. The molecule has 76 valence electrons. The van der Waals surface area contributed by atoms with Crippen LogP contribution >= 0.6 is 0 Å². The SMILES string of the molecule is Cc1cccc2c(N=C=O)c(C)n(C)c12. The van der Waals surface area contributed by atoms with Gasteiger partial charge in [0, 0.05) is 18.1 Å². The Morgan fingerprint density at radius 2 is 2.07 bits per heavy atom. The monoisotopic (exact) mass is 200 g/mol. The topological polar surface area (TPSA) is 34.4 Å². The summed E-state index contributed by atoms with van der Waals surface area (Å²) in [6.07, 6.45) is 1.61. The highest BCUT2D eigenvalue weighted by atomic mass is 16.1. The maximum absolute atomic E-state index is 10.4. The van der Waals surface area contributed by atoms with Crippen LogP contribution in [0.15, 0.2) is 23.2 Å². The molecule has 0 radical (unpaired) electrons. The summed E-state index contributed by atoms with van der Waals surface area (Å²) in [4.78, 5) is 14.1. The molecule has 15 heavy (non-hydrogen) atoms. The number of hydrogen-bond acceptors (Lipinski definition) is 2. The van der Waals surface area contributed by atoms with Crippen LogP contribution in [0.3, 0.4) is 0 Å². The number of hydrogen-bond donors (Lipinski definition) is 0. The summed E-state index contributed by atoms with van der Waals surface area (Å²) in [5.41, 5.74) is 4.03. The lowest BCUT2D eigenvalue weighted by Gasteiger charge is -2.00. The van der Waals surface area contributed by atoms with E-state index in [1.165, 1.54) is 5.56 Å². The maximum atomic E-state index is 10.4. The van der Waals surface area contributed by atoms with Crippen LogP contribution < -0.4 is 0 Å². The first-order chi connectivity index (χ1) is 7.16. The van der Waals surface area contributed by atoms with Crippen molar-refractivity contribution in [1.29, 1.82) is 0 Å². The Balaban J connectivity index is 2.99. The van der Waals surface area contributed by atoms with E-state index in [0.717, 1.165) is 22.3 Å². The fourth-order valence-electron chi connectivity index (χ4n) is 2.00. The number of isocyanates is 1. The standard InChI is InChI=1S/C12H12N2O/c1-8-5-4-6-10-11(13-7-15)9(2)14(3)12(8)10/h4-6H,1-3H3. The lowest BCUT2D eigenvalue weighted by molar-refractivity contribution is 0.565. The maximum Gasteiger partial charge on any atom is 0.240 e. The second kappa shape index (κ2) is 3.37. The molecule has 0 aliphatic heterocycles. The first-order valence-corrected chi connectivity index (χ1v) is 4.79. The van der Waals surface area contributed by atoms with Crippen molar-refractivity contribution in [2.24, 2.45) is 12.0 Å². The molecule has 0 aliphatic carbocycles. The summed E-state index contributed by atoms with van der Waals surface area (Å²) in [6.45, 7) is 4.01. The predicted octanol–water partition coefficient (Wildman–Crippen LogP) is 2.76. The van der Waals surface area contributed by atoms with Crippen LogP contribution in [-0.2, 0) is 11.8 Å². The molecule has 0 spiro atoms. The zero-order valence-electron chi connectivity index (χ0n) is 9.03. The number of para-hydroxylation sites is 1. The highest BCUT2D eigenvalue weighted by Gasteiger charge is 2.12. The molecular weight excluding hydrogens is 188 g/mol. The number of fused-ring (bicyclic) bond motifs is 1. The van der Waals surface area contributed by atoms with Crippen LogP contribution in [0, 0.1) is 13.8 Å². The van der Waals surface area contributed by atoms with E-state index in [0.29, 0.717) is 0 Å². The van der Waals surface area contributed by atoms with Gasteiger partial charge in [-0.3, -0.25) is 0 Å². The minimum Gasteiger partial charge on any atom is -0.346 e. The predicted molar refractivity (Wildman–Crippen MR) is 60.2 cm³/mol. The number of aromatic nitrogens is 1. The van der Waals surface area contributed by atoms with Crippen LogP contribution in [0.1, 0.15) is 11.3 Å². The largest absolute Gasteiger partial charge is 0.346 e. The van der Waals surface area contributed by atoms with Gasteiger partial charge in [0.1, 0.15) is 5.69 Å². The highest BCUT2D eigenvalue weighted by Crippen LogP contribution is 2.33. The van der Waals surface area contributed by atoms with Crippen LogP contribution in [-0.4, -0.2) is 10.6 Å². The second-order valence-electron chi connectivity index (χ2n) is 3.67. The fraction of sp³-hybridized carbons (Fsp3) is 0.250. The van der Waals surface area contributed by atoms with Gasteiger partial charge in [-0.1, -0.05) is 18.2 Å². The summed E-state index contributed by atoms with van der Waals surface area (Å²) in [7, 11) is 1.98. The van der Waals surface area contributed by atoms with Gasteiger partial charge >= 0.3 is 0 Å². The molecule has 3 heteroatoms. The molecule has 1 aromatic carbocycles. The number of nitrogens with zero attached hydrogens (tertiary/aromatic N) is 2. The van der Waals surface area contributed by atoms with Crippen molar-refractivity contribution in [2.45, 2.75) is 13.8 Å². The van der Waals surface area contributed by atoms with Crippen molar-refractivity contribution >= 4 is 22.7 Å². The summed E-state index contributed by atoms with van der Waals surface area (Å²) < 4.78 is 2.06. The molecule has 2 aromatic rings. The van der Waals surface area contributed by atoms with Gasteiger partial charge in [0.15, 0.2) is 0 Å². The summed E-state index contributed by atoms with van der Waals surface area (Å²) in [5.74, 6) is 0. The third-order valence-electron chi connectivity index (χ3n) is 2.83. The number of aryl methyl sites for hydroxylation is 2. The number of benzene rings is 1. The average Bonchev–Trinajstić information content (AvgIpc) is 2.45. The molecular formula is C12H12N2O. The quantitative estimate of drug-likeness (QED) is 0.515. The molecule has 1 aromatic heterocycles. The van der Waals surface area contributed by atoms with Gasteiger partial charge in [0.25, 0.3) is 0 Å². The Morgan fingerprint density at radius 3 is 2.73 bits per heavy atom. The van der Waals surface area contributed by atoms with E-state index in [9.17, 15) is 4.79 Å². The fourth-order valence-corrected chi connectivity index (χ4v) is 2.00. The van der Waals surface area contributed by atoms with Crippen molar-refractivity contribution in [3.05, 3.63) is 29.5 Å². The van der Waals surface area contributed by atoms with Gasteiger partial charge in [0.2, 0.25) is 6.08 Å². The van der Waals surface area contributed by atoms with E-state index in [2.05, 4.69) is 22.5 Å². The zero-order chi connectivity index (χ0) is 11.0. The number of rotatable bonds is 1. The van der Waals surface area contributed by atoms with Crippen LogP contribution in [0.5, 0.6) is 0 Å². The van der Waals surface area contributed by atoms with Crippen LogP contribution in [0.4, 0.5) is 5.69 Å². The van der Waals surface area contributed by atoms with Crippen molar-refractivity contribution in [1.82, 2.24) is 4.57 Å². The van der Waals surface area contributed by atoms with E-state index in [1.807, 2.05) is 26.1 Å². The molecule has 0 saturated heterocycles. The normalized spacial score (nSPS) is 10.3. The molecule has 0 fully saturated rings. The molecule has 2 rings (SSSR count). The molecule has 1 heterocycles. The van der Waals surface area contributed by atoms with E-state index in [4.69, 9.17) is 0 Å². The first-order valence-electron chi connectivity index (χ1n) is 4.79. The van der Waals surface area contributed by atoms with Crippen molar-refractivity contribution in [3.8, 4) is 0 Å². The summed E-state index contributed by atoms with van der Waals surface area (Å²) >= 11 is 0. The van der Waals surface area contributed by atoms with Crippen LogP contribution in [0.25, 0.3) is 10.9 Å². The molecule has 0 saturated carbocycles. The Labute approximate surface area is 88.0 Å². The molecule has 0 bridgehead atoms. The average molecular weight is 200 g/mol.